The molecule has 0 atom stereocenters. The minimum Gasteiger partial charge on any atom is -0.446 e. The number of hydrogen-bond acceptors (Lipinski definition) is 6. The molecule has 1 saturated heterocycles. The average molecular weight is 351 g/mol. The van der Waals surface area contributed by atoms with Gasteiger partial charge in [0.15, 0.2) is 5.89 Å². The zero-order chi connectivity index (χ0) is 17.9. The van der Waals surface area contributed by atoms with Gasteiger partial charge in [-0.1, -0.05) is 0 Å². The van der Waals surface area contributed by atoms with E-state index in [2.05, 4.69) is 20.0 Å². The van der Waals surface area contributed by atoms with Gasteiger partial charge in [-0.05, 0) is 18.2 Å². The molecule has 0 aliphatic carbocycles. The lowest BCUT2D eigenvalue weighted by atomic mass is 10.00. The van der Waals surface area contributed by atoms with E-state index in [4.69, 9.17) is 4.42 Å². The number of aromatic nitrogens is 4. The van der Waals surface area contributed by atoms with Gasteiger partial charge < -0.3 is 9.32 Å². The van der Waals surface area contributed by atoms with Gasteiger partial charge >= 0.3 is 0 Å². The Balaban J connectivity index is 1.33. The molecule has 0 aromatic carbocycles. The van der Waals surface area contributed by atoms with Crippen LogP contribution in [0.5, 0.6) is 0 Å². The monoisotopic (exact) mass is 351 g/mol. The van der Waals surface area contributed by atoms with Crippen molar-refractivity contribution in [2.45, 2.75) is 19.9 Å². The van der Waals surface area contributed by atoms with Crippen LogP contribution in [0.1, 0.15) is 11.7 Å². The molecular formula is C19H21N5O2. The van der Waals surface area contributed by atoms with Gasteiger partial charge in [-0.25, -0.2) is 9.67 Å². The zero-order valence-corrected chi connectivity index (χ0v) is 14.7. The van der Waals surface area contributed by atoms with E-state index in [0.29, 0.717) is 18.4 Å². The molecule has 4 rings (SSSR count). The van der Waals surface area contributed by atoms with E-state index in [0.717, 1.165) is 43.1 Å². The third kappa shape index (κ3) is 3.72. The van der Waals surface area contributed by atoms with Crippen LogP contribution in [0.4, 0.5) is 0 Å². The van der Waals surface area contributed by atoms with Crippen LogP contribution >= 0.6 is 0 Å². The maximum atomic E-state index is 12.1. The third-order valence-electron chi connectivity index (χ3n) is 4.65. The van der Waals surface area contributed by atoms with Crippen LogP contribution in [0.2, 0.25) is 0 Å². The highest BCUT2D eigenvalue weighted by Gasteiger charge is 2.27. The molecular weight excluding hydrogens is 330 g/mol. The SMILES string of the molecule is Cc1ncc(CCN2CC(Cn3nc(-c4ccncc4)ccc3=O)C2)o1. The van der Waals surface area contributed by atoms with Crippen molar-refractivity contribution in [1.29, 1.82) is 0 Å². The lowest BCUT2D eigenvalue weighted by Gasteiger charge is -2.39. The predicted octanol–water partition coefficient (Wildman–Crippen LogP) is 1.78. The third-order valence-corrected chi connectivity index (χ3v) is 4.65. The lowest BCUT2D eigenvalue weighted by Crippen LogP contribution is -2.50. The first-order valence-electron chi connectivity index (χ1n) is 8.79. The van der Waals surface area contributed by atoms with Gasteiger partial charge in [0.05, 0.1) is 18.4 Å². The molecule has 3 aromatic rings. The average Bonchev–Trinajstić information content (AvgIpc) is 3.04. The fourth-order valence-electron chi connectivity index (χ4n) is 3.27. The van der Waals surface area contributed by atoms with Gasteiger partial charge in [-0.3, -0.25) is 9.78 Å². The first kappa shape index (κ1) is 16.7. The molecule has 0 N–H and O–H groups in total. The van der Waals surface area contributed by atoms with E-state index in [1.807, 2.05) is 19.1 Å². The molecule has 1 aliphatic rings. The van der Waals surface area contributed by atoms with Gasteiger partial charge in [0.1, 0.15) is 5.76 Å². The zero-order valence-electron chi connectivity index (χ0n) is 14.7. The highest BCUT2D eigenvalue weighted by Crippen LogP contribution is 2.18. The standard InChI is InChI=1S/C19H21N5O2/c1-14-21-10-17(26-14)6-9-23-11-15(12-23)13-24-19(25)3-2-18(22-24)16-4-7-20-8-5-16/h2-5,7-8,10,15H,6,9,11-13H2,1H3. The second kappa shape index (κ2) is 7.21. The number of hydrogen-bond donors (Lipinski definition) is 0. The Morgan fingerprint density at radius 1 is 1.19 bits per heavy atom. The molecule has 0 spiro atoms. The van der Waals surface area contributed by atoms with E-state index in [1.54, 1.807) is 35.4 Å². The summed E-state index contributed by atoms with van der Waals surface area (Å²) in [5, 5.41) is 4.52. The largest absolute Gasteiger partial charge is 0.446 e. The highest BCUT2D eigenvalue weighted by molar-refractivity contribution is 5.56. The molecule has 3 aromatic heterocycles. The molecule has 1 fully saturated rings. The molecule has 0 bridgehead atoms. The van der Waals surface area contributed by atoms with Gasteiger partial charge in [0, 0.05) is 62.9 Å². The Kier molecular flexibility index (Phi) is 4.62. The number of aryl methyl sites for hydroxylation is 1. The fourth-order valence-corrected chi connectivity index (χ4v) is 3.27. The molecule has 134 valence electrons. The molecule has 0 unspecified atom stereocenters. The highest BCUT2D eigenvalue weighted by atomic mass is 16.4. The van der Waals surface area contributed by atoms with E-state index < -0.39 is 0 Å². The first-order chi connectivity index (χ1) is 12.7. The summed E-state index contributed by atoms with van der Waals surface area (Å²) in [6.07, 6.45) is 6.11. The second-order valence-corrected chi connectivity index (χ2v) is 6.70. The molecule has 4 heterocycles. The number of oxazole rings is 1. The summed E-state index contributed by atoms with van der Waals surface area (Å²) < 4.78 is 7.08. The molecule has 7 nitrogen and oxygen atoms in total. The lowest BCUT2D eigenvalue weighted by molar-refractivity contribution is 0.0841. The predicted molar refractivity (Wildman–Crippen MR) is 96.6 cm³/mol. The van der Waals surface area contributed by atoms with E-state index in [-0.39, 0.29) is 5.56 Å². The Bertz CT molecular complexity index is 928. The summed E-state index contributed by atoms with van der Waals surface area (Å²) in [5.41, 5.74) is 1.70. The Hall–Kier alpha value is -2.80. The summed E-state index contributed by atoms with van der Waals surface area (Å²) in [7, 11) is 0. The second-order valence-electron chi connectivity index (χ2n) is 6.70. The van der Waals surface area contributed by atoms with Gasteiger partial charge in [0.25, 0.3) is 5.56 Å². The maximum absolute atomic E-state index is 12.1. The van der Waals surface area contributed by atoms with Crippen LogP contribution in [0.25, 0.3) is 11.3 Å². The maximum Gasteiger partial charge on any atom is 0.266 e. The molecule has 1 aliphatic heterocycles. The molecule has 7 heteroatoms. The summed E-state index contributed by atoms with van der Waals surface area (Å²) in [6.45, 7) is 5.40. The summed E-state index contributed by atoms with van der Waals surface area (Å²) in [4.78, 5) is 22.6. The van der Waals surface area contributed by atoms with Crippen molar-refractivity contribution in [3.05, 3.63) is 64.9 Å². The smallest absolute Gasteiger partial charge is 0.266 e. The van der Waals surface area contributed by atoms with E-state index >= 15 is 0 Å². The van der Waals surface area contributed by atoms with Crippen LogP contribution in [0.3, 0.4) is 0 Å². The van der Waals surface area contributed by atoms with Crippen molar-refractivity contribution in [3.8, 4) is 11.3 Å². The van der Waals surface area contributed by atoms with Crippen LogP contribution in [0.15, 0.2) is 52.1 Å². The van der Waals surface area contributed by atoms with Crippen LogP contribution < -0.4 is 5.56 Å². The van der Waals surface area contributed by atoms with Crippen molar-refractivity contribution in [2.24, 2.45) is 5.92 Å². The molecule has 0 radical (unpaired) electrons. The van der Waals surface area contributed by atoms with Crippen molar-refractivity contribution in [3.63, 3.8) is 0 Å². The van der Waals surface area contributed by atoms with Crippen LogP contribution in [-0.4, -0.2) is 44.3 Å². The number of nitrogens with zero attached hydrogens (tertiary/aromatic N) is 5. The normalized spacial score (nSPS) is 15.1. The van der Waals surface area contributed by atoms with Crippen molar-refractivity contribution in [1.82, 2.24) is 24.6 Å². The topological polar surface area (TPSA) is 77.1 Å². The Morgan fingerprint density at radius 2 is 2.00 bits per heavy atom. The summed E-state index contributed by atoms with van der Waals surface area (Å²) in [6, 6.07) is 7.15. The number of rotatable bonds is 6. The molecule has 0 amide bonds. The number of pyridine rings is 1. The number of likely N-dealkylation sites (tertiary alicyclic amines) is 1. The quantitative estimate of drug-likeness (QED) is 0.674. The van der Waals surface area contributed by atoms with Crippen molar-refractivity contribution < 1.29 is 4.42 Å². The van der Waals surface area contributed by atoms with Gasteiger partial charge in [-0.2, -0.15) is 5.10 Å². The van der Waals surface area contributed by atoms with Crippen molar-refractivity contribution in [2.75, 3.05) is 19.6 Å². The van der Waals surface area contributed by atoms with E-state index in [1.165, 1.54) is 0 Å². The van der Waals surface area contributed by atoms with Crippen LogP contribution in [0, 0.1) is 12.8 Å². The van der Waals surface area contributed by atoms with Crippen LogP contribution in [-0.2, 0) is 13.0 Å². The molecule has 26 heavy (non-hydrogen) atoms. The van der Waals surface area contributed by atoms with Gasteiger partial charge in [-0.15, -0.1) is 0 Å². The van der Waals surface area contributed by atoms with E-state index in [9.17, 15) is 4.79 Å². The Morgan fingerprint density at radius 3 is 2.73 bits per heavy atom. The minimum atomic E-state index is -0.0570. The summed E-state index contributed by atoms with van der Waals surface area (Å²) >= 11 is 0. The van der Waals surface area contributed by atoms with Gasteiger partial charge in [0.2, 0.25) is 0 Å². The van der Waals surface area contributed by atoms with Crippen molar-refractivity contribution >= 4 is 0 Å². The molecule has 0 saturated carbocycles. The summed E-state index contributed by atoms with van der Waals surface area (Å²) in [5.74, 6) is 2.08. The fraction of sp³-hybridized carbons (Fsp3) is 0.368. The minimum absolute atomic E-state index is 0.0570. The Labute approximate surface area is 151 Å². The first-order valence-corrected chi connectivity index (χ1v) is 8.79.